The van der Waals surface area contributed by atoms with Gasteiger partial charge >= 0.3 is 5.69 Å². The number of nitrogens with zero attached hydrogens (tertiary/aromatic N) is 4. The fourth-order valence-electron chi connectivity index (χ4n) is 1.81. The molecule has 12 heteroatoms. The van der Waals surface area contributed by atoms with Gasteiger partial charge < -0.3 is 0 Å². The number of non-ortho nitro benzene ring substituents is 1. The summed E-state index contributed by atoms with van der Waals surface area (Å²) in [5.74, 6) is 0. The Morgan fingerprint density at radius 2 is 1.60 bits per heavy atom. The Hall–Kier alpha value is -3.60. The number of hydrogen-bond donors (Lipinski definition) is 1. The molecule has 0 unspecified atom stereocenters. The normalized spacial score (nSPS) is 10.6. The maximum Gasteiger partial charge on any atom is 0.301 e. The lowest BCUT2D eigenvalue weighted by atomic mass is 10.2. The standard InChI is InChI=1S/C13H8ClN5O6/c14-10-3-1-8(5-12(10)18(22)23)7-15-16-11-4-2-9(17(20)21)6-13(11)19(24)25/h1-7,16H. The molecule has 2 rings (SSSR count). The number of hydrogen-bond acceptors (Lipinski definition) is 8. The van der Waals surface area contributed by atoms with Gasteiger partial charge in [0.15, 0.2) is 0 Å². The van der Waals surface area contributed by atoms with E-state index in [9.17, 15) is 30.3 Å². The van der Waals surface area contributed by atoms with E-state index in [2.05, 4.69) is 10.5 Å². The molecule has 0 atom stereocenters. The molecule has 2 aromatic rings. The van der Waals surface area contributed by atoms with Gasteiger partial charge in [-0.2, -0.15) is 5.10 Å². The van der Waals surface area contributed by atoms with Crippen LogP contribution in [0.25, 0.3) is 0 Å². The molecule has 1 N–H and O–H groups in total. The average Bonchev–Trinajstić information content (AvgIpc) is 2.55. The molecular weight excluding hydrogens is 358 g/mol. The Kier molecular flexibility index (Phi) is 5.19. The van der Waals surface area contributed by atoms with Gasteiger partial charge in [-0.25, -0.2) is 0 Å². The molecule has 0 aliphatic heterocycles. The highest BCUT2D eigenvalue weighted by Gasteiger charge is 2.19. The SMILES string of the molecule is O=[N+]([O-])c1ccc(NN=Cc2ccc(Cl)c([N+](=O)[O-])c2)c([N+](=O)[O-])c1. The fraction of sp³-hybridized carbons (Fsp3) is 0. The lowest BCUT2D eigenvalue weighted by molar-refractivity contribution is -0.393. The molecule has 0 fully saturated rings. The molecule has 0 aromatic heterocycles. The highest BCUT2D eigenvalue weighted by atomic mass is 35.5. The number of anilines is 1. The number of nitro benzene ring substituents is 3. The molecular formula is C13H8ClN5O6. The second-order valence-electron chi connectivity index (χ2n) is 4.55. The minimum Gasteiger partial charge on any atom is -0.272 e. The molecule has 25 heavy (non-hydrogen) atoms. The van der Waals surface area contributed by atoms with Crippen LogP contribution >= 0.6 is 11.6 Å². The molecule has 0 heterocycles. The van der Waals surface area contributed by atoms with E-state index in [4.69, 9.17) is 11.6 Å². The van der Waals surface area contributed by atoms with E-state index in [1.54, 1.807) is 0 Å². The number of nitro groups is 3. The quantitative estimate of drug-likeness (QED) is 0.466. The van der Waals surface area contributed by atoms with Crippen molar-refractivity contribution in [3.05, 3.63) is 77.3 Å². The monoisotopic (exact) mass is 365 g/mol. The van der Waals surface area contributed by atoms with Crippen LogP contribution in [0.2, 0.25) is 5.02 Å². The third-order valence-corrected chi connectivity index (χ3v) is 3.27. The van der Waals surface area contributed by atoms with E-state index in [1.165, 1.54) is 24.4 Å². The lowest BCUT2D eigenvalue weighted by Crippen LogP contribution is -1.99. The van der Waals surface area contributed by atoms with Gasteiger partial charge in [0.25, 0.3) is 11.4 Å². The van der Waals surface area contributed by atoms with Gasteiger partial charge in [-0.1, -0.05) is 17.7 Å². The Labute approximate surface area is 144 Å². The molecule has 11 nitrogen and oxygen atoms in total. The zero-order chi connectivity index (χ0) is 18.6. The van der Waals surface area contributed by atoms with Gasteiger partial charge in [0.1, 0.15) is 10.7 Å². The van der Waals surface area contributed by atoms with Crippen LogP contribution < -0.4 is 5.43 Å². The van der Waals surface area contributed by atoms with Crippen LogP contribution in [0.3, 0.4) is 0 Å². The van der Waals surface area contributed by atoms with Crippen LogP contribution in [0.4, 0.5) is 22.7 Å². The predicted octanol–water partition coefficient (Wildman–Crippen LogP) is 3.51. The molecule has 0 aliphatic rings. The van der Waals surface area contributed by atoms with Crippen LogP contribution in [-0.2, 0) is 0 Å². The first-order valence-corrected chi connectivity index (χ1v) is 6.83. The molecule has 128 valence electrons. The molecule has 0 radical (unpaired) electrons. The Morgan fingerprint density at radius 1 is 0.920 bits per heavy atom. The molecule has 0 aliphatic carbocycles. The number of nitrogens with one attached hydrogen (secondary N) is 1. The van der Waals surface area contributed by atoms with Gasteiger partial charge in [0, 0.05) is 17.7 Å². The first-order chi connectivity index (χ1) is 11.8. The van der Waals surface area contributed by atoms with Crippen molar-refractivity contribution in [2.75, 3.05) is 5.43 Å². The van der Waals surface area contributed by atoms with Crippen LogP contribution in [-0.4, -0.2) is 21.0 Å². The van der Waals surface area contributed by atoms with Crippen molar-refractivity contribution < 1.29 is 14.8 Å². The number of hydrazone groups is 1. The second-order valence-corrected chi connectivity index (χ2v) is 4.96. The largest absolute Gasteiger partial charge is 0.301 e. The van der Waals surface area contributed by atoms with Gasteiger partial charge in [0.05, 0.1) is 27.1 Å². The summed E-state index contributed by atoms with van der Waals surface area (Å²) >= 11 is 5.69. The number of benzene rings is 2. The minimum absolute atomic E-state index is 0.0406. The van der Waals surface area contributed by atoms with Gasteiger partial charge in [-0.15, -0.1) is 0 Å². The number of rotatable bonds is 6. The Bertz CT molecular complexity index is 900. The van der Waals surface area contributed by atoms with E-state index < -0.39 is 26.1 Å². The summed E-state index contributed by atoms with van der Waals surface area (Å²) in [7, 11) is 0. The highest BCUT2D eigenvalue weighted by Crippen LogP contribution is 2.29. The summed E-state index contributed by atoms with van der Waals surface area (Å²) in [5.41, 5.74) is 1.35. The zero-order valence-corrected chi connectivity index (χ0v) is 12.9. The zero-order valence-electron chi connectivity index (χ0n) is 12.2. The van der Waals surface area contributed by atoms with Gasteiger partial charge in [0.2, 0.25) is 0 Å². The molecule has 0 amide bonds. The first-order valence-electron chi connectivity index (χ1n) is 6.45. The van der Waals surface area contributed by atoms with E-state index in [1.807, 2.05) is 0 Å². The van der Waals surface area contributed by atoms with Crippen molar-refractivity contribution in [1.82, 2.24) is 0 Å². The van der Waals surface area contributed by atoms with Crippen molar-refractivity contribution in [2.24, 2.45) is 5.10 Å². The third kappa shape index (κ3) is 4.23. The first kappa shape index (κ1) is 17.7. The van der Waals surface area contributed by atoms with E-state index in [-0.39, 0.29) is 16.4 Å². The van der Waals surface area contributed by atoms with Crippen molar-refractivity contribution >= 4 is 40.6 Å². The third-order valence-electron chi connectivity index (χ3n) is 2.95. The van der Waals surface area contributed by atoms with Gasteiger partial charge in [-0.05, 0) is 12.1 Å². The van der Waals surface area contributed by atoms with Crippen molar-refractivity contribution in [3.63, 3.8) is 0 Å². The summed E-state index contributed by atoms with van der Waals surface area (Å²) in [4.78, 5) is 30.3. The summed E-state index contributed by atoms with van der Waals surface area (Å²) in [6.45, 7) is 0. The van der Waals surface area contributed by atoms with Crippen molar-refractivity contribution in [3.8, 4) is 0 Å². The van der Waals surface area contributed by atoms with E-state index in [0.29, 0.717) is 5.56 Å². The van der Waals surface area contributed by atoms with Crippen molar-refractivity contribution in [1.29, 1.82) is 0 Å². The van der Waals surface area contributed by atoms with Crippen LogP contribution in [0.15, 0.2) is 41.5 Å². The Balaban J connectivity index is 2.25. The molecule has 0 bridgehead atoms. The molecule has 0 spiro atoms. The smallest absolute Gasteiger partial charge is 0.272 e. The topological polar surface area (TPSA) is 154 Å². The predicted molar refractivity (Wildman–Crippen MR) is 89.1 cm³/mol. The van der Waals surface area contributed by atoms with Crippen LogP contribution in [0.1, 0.15) is 5.56 Å². The molecule has 0 saturated heterocycles. The van der Waals surface area contributed by atoms with Crippen molar-refractivity contribution in [2.45, 2.75) is 0 Å². The van der Waals surface area contributed by atoms with Gasteiger partial charge in [-0.3, -0.25) is 35.8 Å². The fourth-order valence-corrected chi connectivity index (χ4v) is 1.99. The molecule has 2 aromatic carbocycles. The molecule has 0 saturated carbocycles. The summed E-state index contributed by atoms with van der Waals surface area (Å²) in [6.07, 6.45) is 1.19. The summed E-state index contributed by atoms with van der Waals surface area (Å²) < 4.78 is 0. The second kappa shape index (κ2) is 7.31. The minimum atomic E-state index is -0.794. The Morgan fingerprint density at radius 3 is 2.20 bits per heavy atom. The summed E-state index contributed by atoms with van der Waals surface area (Å²) in [6, 6.07) is 6.97. The number of halogens is 1. The van der Waals surface area contributed by atoms with E-state index in [0.717, 1.165) is 18.2 Å². The lowest BCUT2D eigenvalue weighted by Gasteiger charge is -2.02. The average molecular weight is 366 g/mol. The maximum atomic E-state index is 11.0. The van der Waals surface area contributed by atoms with E-state index >= 15 is 0 Å². The maximum absolute atomic E-state index is 11.0. The van der Waals surface area contributed by atoms with Crippen LogP contribution in [0.5, 0.6) is 0 Å². The summed E-state index contributed by atoms with van der Waals surface area (Å²) in [5, 5.41) is 36.2. The van der Waals surface area contributed by atoms with Crippen LogP contribution in [0, 0.1) is 30.3 Å². The highest BCUT2D eigenvalue weighted by molar-refractivity contribution is 6.32.